The quantitative estimate of drug-likeness (QED) is 0.175. The number of H-pyrrole nitrogens is 2. The summed E-state index contributed by atoms with van der Waals surface area (Å²) in [4.78, 5) is 18.2. The number of aromatic amines is 2. The molecule has 0 aliphatic rings. The van der Waals surface area contributed by atoms with Crippen molar-refractivity contribution in [2.75, 3.05) is 0 Å². The first-order chi connectivity index (χ1) is 18.6. The van der Waals surface area contributed by atoms with Crippen LogP contribution in [0, 0.1) is 10.5 Å². The molecule has 0 bridgehead atoms. The minimum absolute atomic E-state index is 0.123. The van der Waals surface area contributed by atoms with Gasteiger partial charge in [0, 0.05) is 17.6 Å². The van der Waals surface area contributed by atoms with Crippen molar-refractivity contribution in [1.82, 2.24) is 35.5 Å². The molecule has 3 N–H and O–H groups in total. The van der Waals surface area contributed by atoms with Crippen molar-refractivity contribution in [1.29, 1.82) is 0 Å². The van der Waals surface area contributed by atoms with Gasteiger partial charge in [0.05, 0.1) is 21.6 Å². The van der Waals surface area contributed by atoms with Crippen molar-refractivity contribution in [2.24, 2.45) is 5.41 Å². The first-order valence-corrected chi connectivity index (χ1v) is 13.4. The van der Waals surface area contributed by atoms with Crippen LogP contribution in [0.15, 0.2) is 79.3 Å². The Kier molecular flexibility index (Phi) is 7.01. The van der Waals surface area contributed by atoms with E-state index in [1.165, 1.54) is 6.07 Å². The molecule has 5 rings (SSSR count). The number of thiophene rings is 1. The van der Waals surface area contributed by atoms with Crippen LogP contribution in [-0.2, 0) is 0 Å². The molecule has 0 fully saturated rings. The summed E-state index contributed by atoms with van der Waals surface area (Å²) in [6.07, 6.45) is 8.31. The van der Waals surface area contributed by atoms with E-state index in [1.807, 2.05) is 37.3 Å². The predicted octanol–water partition coefficient (Wildman–Crippen LogP) is 7.78. The largest absolute Gasteiger partial charge is 0.359 e. The first kappa shape index (κ1) is 26.2. The summed E-state index contributed by atoms with van der Waals surface area (Å²) in [5.41, 5.74) is 7.70. The van der Waals surface area contributed by atoms with Gasteiger partial charge in [0.2, 0.25) is 0 Å². The summed E-state index contributed by atoms with van der Waals surface area (Å²) in [5.74, 6) is 0.552. The van der Waals surface area contributed by atoms with Gasteiger partial charge in [-0.2, -0.15) is 9.49 Å². The molecular formula is C30H30FN7S. The number of nitrogens with zero attached hydrogens (tertiary/aromatic N) is 4. The molecule has 5 aromatic rings. The number of rotatable bonds is 8. The molecule has 0 radical (unpaired) electrons. The zero-order valence-corrected chi connectivity index (χ0v) is 23.2. The van der Waals surface area contributed by atoms with Gasteiger partial charge in [-0.15, -0.1) is 11.3 Å². The van der Waals surface area contributed by atoms with E-state index in [-0.39, 0.29) is 10.5 Å². The van der Waals surface area contributed by atoms with Crippen molar-refractivity contribution in [3.05, 3.63) is 90.1 Å². The lowest BCUT2D eigenvalue weighted by atomic mass is 9.91. The molecule has 39 heavy (non-hydrogen) atoms. The number of pyridine rings is 2. The maximum Gasteiger partial charge on any atom is 0.177 e. The number of halogens is 1. The zero-order valence-electron chi connectivity index (χ0n) is 22.4. The second-order valence-electron chi connectivity index (χ2n) is 10.4. The summed E-state index contributed by atoms with van der Waals surface area (Å²) in [6, 6.07) is 8.89. The molecular weight excluding hydrogens is 509 g/mol. The molecule has 0 aliphatic heterocycles. The number of hydrogen-bond acceptors (Lipinski definition) is 6. The highest BCUT2D eigenvalue weighted by Crippen LogP contribution is 2.33. The number of hydrogen-bond donors (Lipinski definition) is 3. The first-order valence-electron chi connectivity index (χ1n) is 12.6. The van der Waals surface area contributed by atoms with E-state index >= 15 is 0 Å². The Labute approximate surface area is 230 Å². The van der Waals surface area contributed by atoms with Crippen molar-refractivity contribution in [3.63, 3.8) is 0 Å². The topological polar surface area (TPSA) is 95.2 Å². The van der Waals surface area contributed by atoms with E-state index in [9.17, 15) is 4.39 Å². The molecule has 9 heteroatoms. The van der Waals surface area contributed by atoms with Gasteiger partial charge in [-0.3, -0.25) is 10.1 Å². The van der Waals surface area contributed by atoms with Gasteiger partial charge >= 0.3 is 0 Å². The van der Waals surface area contributed by atoms with E-state index in [4.69, 9.17) is 9.97 Å². The Morgan fingerprint density at radius 1 is 1.08 bits per heavy atom. The molecule has 5 heterocycles. The Morgan fingerprint density at radius 2 is 1.87 bits per heavy atom. The Bertz CT molecular complexity index is 1760. The van der Waals surface area contributed by atoms with Gasteiger partial charge in [-0.1, -0.05) is 40.0 Å². The minimum Gasteiger partial charge on any atom is -0.359 e. The Balaban J connectivity index is 1.51. The summed E-state index contributed by atoms with van der Waals surface area (Å²) >= 11 is 1.04. The highest BCUT2D eigenvalue weighted by molar-refractivity contribution is 7.13. The second kappa shape index (κ2) is 10.4. The van der Waals surface area contributed by atoms with Crippen LogP contribution in [-0.4, -0.2) is 30.1 Å². The van der Waals surface area contributed by atoms with Crippen molar-refractivity contribution in [3.8, 4) is 22.1 Å². The lowest BCUT2D eigenvalue weighted by Crippen LogP contribution is -2.16. The number of nitrogens with one attached hydrogen (secondary N) is 3. The van der Waals surface area contributed by atoms with Crippen LogP contribution >= 0.6 is 11.3 Å². The normalized spacial score (nSPS) is 12.8. The predicted molar refractivity (Wildman–Crippen MR) is 158 cm³/mol. The van der Waals surface area contributed by atoms with Crippen LogP contribution in [0.25, 0.3) is 49.7 Å². The molecule has 0 saturated heterocycles. The SMILES string of the molecule is C=C/C(=C\C(=C/C)c1ccc2[nH]nc(-c3nc4c(-c5ccc(F)s5)nccc4[nH]3)c2n1)NC(=C)CC(C)(C)C. The van der Waals surface area contributed by atoms with Gasteiger partial charge in [0.1, 0.15) is 16.7 Å². The molecule has 0 unspecified atom stereocenters. The van der Waals surface area contributed by atoms with Gasteiger partial charge in [-0.05, 0) is 66.8 Å². The van der Waals surface area contributed by atoms with E-state index in [0.717, 1.165) is 51.5 Å². The van der Waals surface area contributed by atoms with E-state index in [0.29, 0.717) is 33.1 Å². The molecule has 5 aromatic heterocycles. The molecule has 7 nitrogen and oxygen atoms in total. The second-order valence-corrected chi connectivity index (χ2v) is 11.5. The molecule has 0 aromatic carbocycles. The van der Waals surface area contributed by atoms with Crippen molar-refractivity contribution >= 4 is 39.0 Å². The van der Waals surface area contributed by atoms with Gasteiger partial charge < -0.3 is 10.3 Å². The maximum atomic E-state index is 13.7. The number of imidazole rings is 1. The fourth-order valence-electron chi connectivity index (χ4n) is 4.40. The summed E-state index contributed by atoms with van der Waals surface area (Å²) in [6.45, 7) is 16.6. The average Bonchev–Trinajstić information content (AvgIpc) is 3.62. The summed E-state index contributed by atoms with van der Waals surface area (Å²) in [7, 11) is 0. The average molecular weight is 540 g/mol. The highest BCUT2D eigenvalue weighted by atomic mass is 32.1. The molecule has 0 saturated carbocycles. The summed E-state index contributed by atoms with van der Waals surface area (Å²) < 4.78 is 13.7. The van der Waals surface area contributed by atoms with E-state index in [1.54, 1.807) is 18.3 Å². The third-order valence-electron chi connectivity index (χ3n) is 6.04. The Hall–Kier alpha value is -4.37. The fraction of sp³-hybridized carbons (Fsp3) is 0.200. The van der Waals surface area contributed by atoms with Gasteiger partial charge in [0.25, 0.3) is 0 Å². The fourth-order valence-corrected chi connectivity index (χ4v) is 5.13. The van der Waals surface area contributed by atoms with Crippen molar-refractivity contribution in [2.45, 2.75) is 34.1 Å². The van der Waals surface area contributed by atoms with Crippen molar-refractivity contribution < 1.29 is 4.39 Å². The third-order valence-corrected chi connectivity index (χ3v) is 6.92. The lowest BCUT2D eigenvalue weighted by Gasteiger charge is -2.21. The molecule has 198 valence electrons. The van der Waals surface area contributed by atoms with Crippen LogP contribution in [0.3, 0.4) is 0 Å². The smallest absolute Gasteiger partial charge is 0.177 e. The van der Waals surface area contributed by atoms with E-state index in [2.05, 4.69) is 59.4 Å². The number of aromatic nitrogens is 6. The minimum atomic E-state index is -0.267. The van der Waals surface area contributed by atoms with Crippen LogP contribution in [0.1, 0.15) is 39.8 Å². The third kappa shape index (κ3) is 5.58. The zero-order chi connectivity index (χ0) is 27.7. The summed E-state index contributed by atoms with van der Waals surface area (Å²) in [5, 5.41) is 10.7. The Morgan fingerprint density at radius 3 is 2.56 bits per heavy atom. The van der Waals surface area contributed by atoms with Crippen LogP contribution in [0.4, 0.5) is 4.39 Å². The maximum absolute atomic E-state index is 13.7. The standard InChI is InChI=1S/C30H30FN7S/c1-7-18(15-19(8-2)33-17(3)16-30(4,5)6)20-9-10-22-26(34-20)28(38-37-22)29-35-21-13-14-32-27(25(21)36-29)23-11-12-24(31)39-23/h7-15,33H,2-3,16H2,1,4-6H3,(H,35,36)(H,37,38)/b18-7+,19-15+. The number of allylic oxidation sites excluding steroid dienone is 5. The van der Waals surface area contributed by atoms with Crippen LogP contribution in [0.5, 0.6) is 0 Å². The highest BCUT2D eigenvalue weighted by Gasteiger charge is 2.18. The molecule has 0 aliphatic carbocycles. The van der Waals surface area contributed by atoms with Gasteiger partial charge in [-0.25, -0.2) is 9.97 Å². The van der Waals surface area contributed by atoms with Gasteiger partial charge in [0.15, 0.2) is 16.6 Å². The monoisotopic (exact) mass is 539 g/mol. The van der Waals surface area contributed by atoms with Crippen LogP contribution < -0.4 is 5.32 Å². The van der Waals surface area contributed by atoms with E-state index < -0.39 is 0 Å². The molecule has 0 atom stereocenters. The number of fused-ring (bicyclic) bond motifs is 2. The molecule has 0 amide bonds. The van der Waals surface area contributed by atoms with Crippen LogP contribution in [0.2, 0.25) is 0 Å². The lowest BCUT2D eigenvalue weighted by molar-refractivity contribution is 0.403. The molecule has 0 spiro atoms.